The second kappa shape index (κ2) is 28.9. The highest BCUT2D eigenvalue weighted by molar-refractivity contribution is 9.10. The number of halogens is 1. The van der Waals surface area contributed by atoms with E-state index in [-0.39, 0.29) is 28.3 Å². The molecule has 9 nitrogen and oxygen atoms in total. The summed E-state index contributed by atoms with van der Waals surface area (Å²) in [4.78, 5) is 53.9. The van der Waals surface area contributed by atoms with Gasteiger partial charge >= 0.3 is 6.03 Å². The van der Waals surface area contributed by atoms with Crippen LogP contribution in [0.5, 0.6) is 0 Å². The maximum Gasteiger partial charge on any atom is 0.332 e. The van der Waals surface area contributed by atoms with Crippen molar-refractivity contribution in [2.45, 2.75) is 99.2 Å². The van der Waals surface area contributed by atoms with Crippen LogP contribution in [0.2, 0.25) is 0 Å². The van der Waals surface area contributed by atoms with Crippen LogP contribution in [0, 0.1) is 61.3 Å². The highest BCUT2D eigenvalue weighted by Crippen LogP contribution is 2.45. The summed E-state index contributed by atoms with van der Waals surface area (Å²) in [6, 6.07) is 61.6. The highest BCUT2D eigenvalue weighted by Gasteiger charge is 2.56. The average Bonchev–Trinajstić information content (AvgIpc) is 3.60. The maximum atomic E-state index is 13.7. The Labute approximate surface area is 470 Å². The van der Waals surface area contributed by atoms with Gasteiger partial charge in [0.1, 0.15) is 0 Å². The number of anilines is 3. The smallest absolute Gasteiger partial charge is 0.332 e. The van der Waals surface area contributed by atoms with Crippen molar-refractivity contribution in [3.05, 3.63) is 261 Å². The Morgan fingerprint density at radius 2 is 1.01 bits per heavy atom. The van der Waals surface area contributed by atoms with E-state index < -0.39 is 11.8 Å². The van der Waals surface area contributed by atoms with Crippen molar-refractivity contribution in [2.24, 2.45) is 10.9 Å². The number of carbonyl (C=O) groups is 3. The van der Waals surface area contributed by atoms with E-state index in [1.54, 1.807) is 11.0 Å². The van der Waals surface area contributed by atoms with Gasteiger partial charge in [-0.1, -0.05) is 179 Å². The maximum absolute atomic E-state index is 13.7. The van der Waals surface area contributed by atoms with Crippen LogP contribution in [0.15, 0.2) is 199 Å². The van der Waals surface area contributed by atoms with Gasteiger partial charge in [0.2, 0.25) is 6.08 Å². The number of nitrogens with two attached hydrogens (primary N) is 1. The van der Waals surface area contributed by atoms with Crippen molar-refractivity contribution >= 4 is 62.4 Å². The Bertz CT molecular complexity index is 3350. The van der Waals surface area contributed by atoms with E-state index in [0.717, 1.165) is 62.3 Å². The highest BCUT2D eigenvalue weighted by atomic mass is 79.9. The van der Waals surface area contributed by atoms with Gasteiger partial charge < -0.3 is 10.8 Å². The number of aliphatic imine (C=N–C) groups is 1. The number of alkyl halides is 1. The number of isocyanates is 1. The van der Waals surface area contributed by atoms with Gasteiger partial charge in [0, 0.05) is 39.7 Å². The molecule has 0 bridgehead atoms. The Morgan fingerprint density at radius 1 is 0.577 bits per heavy atom. The van der Waals surface area contributed by atoms with Gasteiger partial charge in [0.25, 0.3) is 0 Å². The Kier molecular flexibility index (Phi) is 22.6. The van der Waals surface area contributed by atoms with E-state index in [1.807, 2.05) is 233 Å². The lowest BCUT2D eigenvalue weighted by Crippen LogP contribution is -2.48. The quantitative estimate of drug-likeness (QED) is 0.0461. The number of hydrogen-bond donors (Lipinski definition) is 2. The predicted octanol–water partition coefficient (Wildman–Crippen LogP) is 16.2. The van der Waals surface area contributed by atoms with Gasteiger partial charge in [-0.2, -0.15) is 4.99 Å². The van der Waals surface area contributed by atoms with Crippen molar-refractivity contribution in [3.63, 3.8) is 0 Å². The number of amides is 2. The Hall–Kier alpha value is -8.01. The number of aryl methyl sites for hydroxylation is 8. The fraction of sp³-hybridized carbons (Fsp3) is 0.235. The fourth-order valence-electron chi connectivity index (χ4n) is 9.03. The van der Waals surface area contributed by atoms with E-state index in [2.05, 4.69) is 52.1 Å². The molecule has 2 amide bonds. The number of benzene rings is 8. The summed E-state index contributed by atoms with van der Waals surface area (Å²) in [7, 11) is 0. The van der Waals surface area contributed by atoms with E-state index in [0.29, 0.717) is 16.9 Å². The lowest BCUT2D eigenvalue weighted by atomic mass is 9.92. The molecule has 1 aliphatic heterocycles. The van der Waals surface area contributed by atoms with Crippen LogP contribution in [0.25, 0.3) is 0 Å². The molecule has 1 saturated heterocycles. The molecular formula is C68H73BrN4O5. The molecule has 8 aromatic carbocycles. The molecule has 3 N–H and O–H groups in total. The van der Waals surface area contributed by atoms with Gasteiger partial charge in [-0.05, 0) is 164 Å². The number of hydrogen-bond acceptors (Lipinski definition) is 7. The minimum atomic E-state index is -1.50. The molecule has 8 aromatic rings. The van der Waals surface area contributed by atoms with E-state index in [1.165, 1.54) is 27.7 Å². The summed E-state index contributed by atoms with van der Waals surface area (Å²) in [6.45, 7) is 21.8. The molecule has 10 heteroatoms. The molecule has 1 heterocycles. The SMILES string of the molecule is Cc1cccc(C(=O)C(C)Br)c1.Cc1cccc(CC(C)C(=O)c2cccc(C)c2)c1.Cc1cccc(N)c1.Cc1cccc(N2C(=O)N(c3cccc(C)c3)C(O)(c3cccc(C)c3)C2C)c1.Cc1cccc(N=C=O)c1. The molecule has 9 rings (SSSR count). The normalized spacial score (nSPS) is 15.0. The molecule has 1 aliphatic rings. The van der Waals surface area contributed by atoms with Crippen LogP contribution in [-0.4, -0.2) is 39.7 Å². The topological polar surface area (TPSA) is 133 Å². The molecule has 0 spiro atoms. The summed E-state index contributed by atoms with van der Waals surface area (Å²) < 4.78 is 0. The molecule has 78 heavy (non-hydrogen) atoms. The molecule has 4 atom stereocenters. The van der Waals surface area contributed by atoms with Crippen molar-refractivity contribution < 1.29 is 24.3 Å². The summed E-state index contributed by atoms with van der Waals surface area (Å²) in [5, 5.41) is 12.1. The van der Waals surface area contributed by atoms with Crippen LogP contribution in [0.4, 0.5) is 27.5 Å². The minimum absolute atomic E-state index is 0.0172. The second-order valence-electron chi connectivity index (χ2n) is 20.1. The number of Topliss-reactive ketones (excluding diaryl/α,β-unsaturated/α-hetero) is 2. The predicted molar refractivity (Wildman–Crippen MR) is 325 cm³/mol. The molecule has 4 unspecified atom stereocenters. The molecule has 0 aliphatic carbocycles. The van der Waals surface area contributed by atoms with E-state index in [4.69, 9.17) is 5.73 Å². The van der Waals surface area contributed by atoms with Gasteiger partial charge in [-0.15, -0.1) is 0 Å². The molecule has 402 valence electrons. The van der Waals surface area contributed by atoms with Gasteiger partial charge in [0.05, 0.1) is 16.6 Å². The van der Waals surface area contributed by atoms with E-state index in [9.17, 15) is 24.3 Å². The monoisotopic (exact) mass is 1100 g/mol. The average molecular weight is 1110 g/mol. The number of urea groups is 1. The Morgan fingerprint density at radius 3 is 1.49 bits per heavy atom. The summed E-state index contributed by atoms with van der Waals surface area (Å²) in [5.41, 5.74) is 19.4. The molecule has 0 radical (unpaired) electrons. The number of ketones is 2. The Balaban J connectivity index is 0.000000196. The summed E-state index contributed by atoms with van der Waals surface area (Å²) >= 11 is 3.25. The third-order valence-corrected chi connectivity index (χ3v) is 13.4. The van der Waals surface area contributed by atoms with Crippen LogP contribution in [-0.2, 0) is 16.9 Å². The standard InChI is InChI=1S/C25H26N2O2.C18H20O.C10H11BrO.C8H7NO.C7H9N/c1-17-8-5-11-21(14-17)25(29)20(4)26(22-12-6-9-18(2)15-22)24(28)27(25)23-13-7-10-19(3)16-23;1-13-6-4-8-16(10-13)12-15(3)18(19)17-9-5-7-14(2)11-17;1-7-4-3-5-9(6-7)10(12)8(2)11;1-7-3-2-4-8(5-7)9-6-10;1-6-3-2-4-7(8)5-6/h5-16,20,29H,1-4H3;4-11,15H,12H2,1-3H3;3-6,8H,1-2H3;2-5H,1H3;2-5H,8H2,1H3. The van der Waals surface area contributed by atoms with Gasteiger partial charge in [0.15, 0.2) is 17.3 Å². The first-order valence-electron chi connectivity index (χ1n) is 26.1. The first-order valence-corrected chi connectivity index (χ1v) is 27.0. The molecular weight excluding hydrogens is 1030 g/mol. The summed E-state index contributed by atoms with van der Waals surface area (Å²) in [6.07, 6.45) is 2.29. The third-order valence-electron chi connectivity index (χ3n) is 12.9. The largest absolute Gasteiger partial charge is 0.399 e. The first kappa shape index (κ1) is 60.9. The lowest BCUT2D eigenvalue weighted by Gasteiger charge is -2.36. The minimum Gasteiger partial charge on any atom is -0.399 e. The van der Waals surface area contributed by atoms with Crippen LogP contribution < -0.4 is 15.5 Å². The van der Waals surface area contributed by atoms with Crippen molar-refractivity contribution in [2.75, 3.05) is 15.5 Å². The number of carbonyl (C=O) groups excluding carboxylic acids is 4. The van der Waals surface area contributed by atoms with Gasteiger partial charge in [-0.3, -0.25) is 19.4 Å². The first-order chi connectivity index (χ1) is 37.1. The number of nitrogen functional groups attached to an aromatic ring is 1. The second-order valence-corrected chi connectivity index (χ2v) is 21.4. The van der Waals surface area contributed by atoms with Crippen LogP contribution >= 0.6 is 15.9 Å². The van der Waals surface area contributed by atoms with Gasteiger partial charge in [-0.25, -0.2) is 9.59 Å². The molecule has 0 saturated carbocycles. The number of nitrogens with zero attached hydrogens (tertiary/aromatic N) is 3. The van der Waals surface area contributed by atoms with Crippen molar-refractivity contribution in [1.82, 2.24) is 0 Å². The summed E-state index contributed by atoms with van der Waals surface area (Å²) in [5.74, 6) is 0.382. The number of rotatable bonds is 10. The van der Waals surface area contributed by atoms with Crippen molar-refractivity contribution in [3.8, 4) is 0 Å². The number of aliphatic hydroxyl groups is 1. The molecule has 1 fully saturated rings. The van der Waals surface area contributed by atoms with Crippen LogP contribution in [0.1, 0.15) is 97.1 Å². The zero-order valence-electron chi connectivity index (χ0n) is 46.8. The third kappa shape index (κ3) is 17.3. The van der Waals surface area contributed by atoms with E-state index >= 15 is 0 Å². The zero-order chi connectivity index (χ0) is 57.1. The molecule has 0 aromatic heterocycles. The van der Waals surface area contributed by atoms with Crippen LogP contribution in [0.3, 0.4) is 0 Å². The lowest BCUT2D eigenvalue weighted by molar-refractivity contribution is 0.0371. The fourth-order valence-corrected chi connectivity index (χ4v) is 9.30. The zero-order valence-corrected chi connectivity index (χ0v) is 48.4. The van der Waals surface area contributed by atoms with Crippen molar-refractivity contribution in [1.29, 1.82) is 0 Å².